The molecule has 0 heterocycles. The number of anilines is 1. The zero-order valence-corrected chi connectivity index (χ0v) is 20.3. The van der Waals surface area contributed by atoms with Crippen molar-refractivity contribution in [1.82, 2.24) is 0 Å². The highest BCUT2D eigenvalue weighted by atomic mass is 32.2. The average Bonchev–Trinajstić information content (AvgIpc) is 2.60. The van der Waals surface area contributed by atoms with E-state index >= 15 is 0 Å². The lowest BCUT2D eigenvalue weighted by Crippen LogP contribution is -2.33. The van der Waals surface area contributed by atoms with E-state index in [0.29, 0.717) is 5.69 Å². The van der Waals surface area contributed by atoms with Crippen LogP contribution >= 0.6 is 0 Å². The molecule has 0 aliphatic rings. The molecule has 0 aliphatic carbocycles. The number of aryl methyl sites for hydroxylation is 2. The highest BCUT2D eigenvalue weighted by molar-refractivity contribution is 7.94. The molecular weight excluding hydrogens is 418 g/mol. The molecule has 2 rings (SSSR count). The van der Waals surface area contributed by atoms with Crippen LogP contribution in [0.3, 0.4) is 0 Å². The van der Waals surface area contributed by atoms with Gasteiger partial charge in [0.1, 0.15) is 0 Å². The van der Waals surface area contributed by atoms with Gasteiger partial charge >= 0.3 is 0 Å². The van der Waals surface area contributed by atoms with Gasteiger partial charge in [-0.1, -0.05) is 36.4 Å². The molecule has 0 unspecified atom stereocenters. The van der Waals surface area contributed by atoms with Crippen LogP contribution in [-0.2, 0) is 38.5 Å². The first-order chi connectivity index (χ1) is 13.6. The Kier molecular flexibility index (Phi) is 7.09. The summed E-state index contributed by atoms with van der Waals surface area (Å²) in [4.78, 5) is 0. The summed E-state index contributed by atoms with van der Waals surface area (Å²) in [6.07, 6.45) is 1.63. The van der Waals surface area contributed by atoms with Gasteiger partial charge in [-0.25, -0.2) is 16.8 Å². The van der Waals surface area contributed by atoms with Gasteiger partial charge in [-0.2, -0.15) is 0 Å². The SMILES string of the molecule is CC(C)(C)S(=O)(=O)Cc1ccc(CCc2ccc(NS(=O)(=O)C(C)(C)C)cc2)cc1. The fraction of sp³-hybridized carbons (Fsp3) is 0.478. The van der Waals surface area contributed by atoms with Gasteiger partial charge < -0.3 is 0 Å². The third-order valence-corrected chi connectivity index (χ3v) is 9.72. The minimum atomic E-state index is -3.44. The lowest BCUT2D eigenvalue weighted by molar-refractivity contribution is 0.559. The lowest BCUT2D eigenvalue weighted by Gasteiger charge is -2.20. The second-order valence-corrected chi connectivity index (χ2v) is 14.8. The van der Waals surface area contributed by atoms with Crippen molar-refractivity contribution in [3.63, 3.8) is 0 Å². The molecule has 0 saturated carbocycles. The third kappa shape index (κ3) is 6.32. The highest BCUT2D eigenvalue weighted by Gasteiger charge is 2.29. The maximum Gasteiger partial charge on any atom is 0.237 e. The minimum Gasteiger partial charge on any atom is -0.283 e. The number of hydrogen-bond acceptors (Lipinski definition) is 4. The van der Waals surface area contributed by atoms with Gasteiger partial charge in [-0.05, 0) is 83.2 Å². The molecule has 0 fully saturated rings. The van der Waals surface area contributed by atoms with Crippen LogP contribution in [0.4, 0.5) is 5.69 Å². The summed E-state index contributed by atoms with van der Waals surface area (Å²) in [6, 6.07) is 15.1. The second kappa shape index (κ2) is 8.71. The Bertz CT molecular complexity index is 967. The van der Waals surface area contributed by atoms with Crippen molar-refractivity contribution in [2.75, 3.05) is 4.72 Å². The first-order valence-corrected chi connectivity index (χ1v) is 13.2. The van der Waals surface area contributed by atoms with Crippen LogP contribution in [0.25, 0.3) is 0 Å². The Hall–Kier alpha value is -1.86. The van der Waals surface area contributed by atoms with Crippen molar-refractivity contribution in [2.24, 2.45) is 0 Å². The Balaban J connectivity index is 1.96. The van der Waals surface area contributed by atoms with Crippen LogP contribution in [-0.4, -0.2) is 26.3 Å². The van der Waals surface area contributed by atoms with E-state index in [4.69, 9.17) is 0 Å². The molecule has 0 atom stereocenters. The van der Waals surface area contributed by atoms with Gasteiger partial charge in [0.25, 0.3) is 0 Å². The molecule has 30 heavy (non-hydrogen) atoms. The molecule has 1 N–H and O–H groups in total. The van der Waals surface area contributed by atoms with Crippen molar-refractivity contribution in [1.29, 1.82) is 0 Å². The monoisotopic (exact) mass is 451 g/mol. The molecule has 2 aromatic carbocycles. The zero-order valence-electron chi connectivity index (χ0n) is 18.7. The van der Waals surface area contributed by atoms with E-state index in [1.807, 2.05) is 36.4 Å². The number of benzene rings is 2. The minimum absolute atomic E-state index is 0.0444. The van der Waals surface area contributed by atoms with Gasteiger partial charge in [-0.3, -0.25) is 4.72 Å². The fourth-order valence-electron chi connectivity index (χ4n) is 2.57. The van der Waals surface area contributed by atoms with E-state index in [-0.39, 0.29) is 5.75 Å². The summed E-state index contributed by atoms with van der Waals surface area (Å²) < 4.78 is 50.1. The van der Waals surface area contributed by atoms with Gasteiger partial charge in [0.05, 0.1) is 15.2 Å². The highest BCUT2D eigenvalue weighted by Crippen LogP contribution is 2.22. The molecule has 0 amide bonds. The van der Waals surface area contributed by atoms with E-state index in [1.54, 1.807) is 53.7 Å². The molecular formula is C23H33NO4S2. The summed E-state index contributed by atoms with van der Waals surface area (Å²) in [5, 5.41) is 0. The summed E-state index contributed by atoms with van der Waals surface area (Å²) in [7, 11) is -6.63. The van der Waals surface area contributed by atoms with Crippen LogP contribution in [0.1, 0.15) is 58.2 Å². The topological polar surface area (TPSA) is 80.3 Å². The summed E-state index contributed by atoms with van der Waals surface area (Å²) in [5.74, 6) is 0.0444. The number of rotatable bonds is 7. The molecule has 2 aromatic rings. The summed E-state index contributed by atoms with van der Waals surface area (Å²) >= 11 is 0. The molecule has 5 nitrogen and oxygen atoms in total. The van der Waals surface area contributed by atoms with E-state index < -0.39 is 29.4 Å². The maximum atomic E-state index is 12.3. The average molecular weight is 452 g/mol. The van der Waals surface area contributed by atoms with Crippen LogP contribution in [0.2, 0.25) is 0 Å². The standard InChI is InChI=1S/C23H33NO4S2/c1-22(2,3)29(25,26)17-20-11-9-18(10-12-20)7-8-19-13-15-21(16-14-19)24-30(27,28)23(4,5)6/h9-16,24H,7-8,17H2,1-6H3. The van der Waals surface area contributed by atoms with Crippen LogP contribution in [0.15, 0.2) is 48.5 Å². The van der Waals surface area contributed by atoms with Gasteiger partial charge in [0.2, 0.25) is 10.0 Å². The molecule has 0 radical (unpaired) electrons. The number of sulfone groups is 1. The first kappa shape index (κ1) is 24.4. The van der Waals surface area contributed by atoms with Crippen LogP contribution in [0, 0.1) is 0 Å². The second-order valence-electron chi connectivity index (χ2n) is 9.60. The molecule has 0 bridgehead atoms. The van der Waals surface area contributed by atoms with Crippen molar-refractivity contribution in [2.45, 2.75) is 69.6 Å². The van der Waals surface area contributed by atoms with Gasteiger partial charge in [0.15, 0.2) is 9.84 Å². The predicted molar refractivity (Wildman–Crippen MR) is 125 cm³/mol. The number of sulfonamides is 1. The largest absolute Gasteiger partial charge is 0.283 e. The Labute approximate surface area is 181 Å². The summed E-state index contributed by atoms with van der Waals surface area (Å²) in [5.41, 5.74) is 3.58. The fourth-order valence-corrected chi connectivity index (χ4v) is 4.39. The van der Waals surface area contributed by atoms with E-state index in [9.17, 15) is 16.8 Å². The molecule has 0 spiro atoms. The Morgan fingerprint density at radius 3 is 1.43 bits per heavy atom. The van der Waals surface area contributed by atoms with Crippen LogP contribution < -0.4 is 4.72 Å². The smallest absolute Gasteiger partial charge is 0.237 e. The molecule has 0 saturated heterocycles. The van der Waals surface area contributed by atoms with Crippen molar-refractivity contribution < 1.29 is 16.8 Å². The van der Waals surface area contributed by atoms with E-state index in [0.717, 1.165) is 29.5 Å². The molecule has 0 aliphatic heterocycles. The number of nitrogens with one attached hydrogen (secondary N) is 1. The van der Waals surface area contributed by atoms with Crippen LogP contribution in [0.5, 0.6) is 0 Å². The normalized spacial score (nSPS) is 13.3. The lowest BCUT2D eigenvalue weighted by atomic mass is 10.0. The third-order valence-electron chi connectivity index (χ3n) is 5.03. The zero-order chi connectivity index (χ0) is 22.8. The first-order valence-electron chi connectivity index (χ1n) is 10.0. The van der Waals surface area contributed by atoms with Crippen molar-refractivity contribution in [3.05, 3.63) is 65.2 Å². The Morgan fingerprint density at radius 2 is 1.03 bits per heavy atom. The van der Waals surface area contributed by atoms with Gasteiger partial charge in [0, 0.05) is 5.69 Å². The number of hydrogen-bond donors (Lipinski definition) is 1. The maximum absolute atomic E-state index is 12.3. The summed E-state index contributed by atoms with van der Waals surface area (Å²) in [6.45, 7) is 10.1. The van der Waals surface area contributed by atoms with E-state index in [1.165, 1.54) is 0 Å². The molecule has 7 heteroatoms. The van der Waals surface area contributed by atoms with Gasteiger partial charge in [-0.15, -0.1) is 0 Å². The predicted octanol–water partition coefficient (Wildman–Crippen LogP) is 4.73. The Morgan fingerprint density at radius 1 is 0.633 bits per heavy atom. The van der Waals surface area contributed by atoms with Crippen molar-refractivity contribution in [3.8, 4) is 0 Å². The molecule has 166 valence electrons. The quantitative estimate of drug-likeness (QED) is 0.660. The van der Waals surface area contributed by atoms with Crippen molar-refractivity contribution >= 4 is 25.5 Å². The molecule has 0 aromatic heterocycles. The van der Waals surface area contributed by atoms with E-state index in [2.05, 4.69) is 4.72 Å².